The van der Waals surface area contributed by atoms with Crippen LogP contribution in [0.2, 0.25) is 0 Å². The van der Waals surface area contributed by atoms with Gasteiger partial charge in [0, 0.05) is 12.1 Å². The average molecular weight is 264 g/mol. The van der Waals surface area contributed by atoms with Gasteiger partial charge in [0.25, 0.3) is 5.91 Å². The minimum absolute atomic E-state index is 0.0630. The topological polar surface area (TPSA) is 78.4 Å². The van der Waals surface area contributed by atoms with Crippen molar-refractivity contribution in [3.63, 3.8) is 0 Å². The first-order valence-corrected chi connectivity index (χ1v) is 6.28. The summed E-state index contributed by atoms with van der Waals surface area (Å²) in [5, 5.41) is 14.2. The van der Waals surface area contributed by atoms with Crippen LogP contribution in [-0.4, -0.2) is 36.1 Å². The molecule has 1 unspecified atom stereocenters. The molecule has 104 valence electrons. The Hall–Kier alpha value is -1.88. The summed E-state index contributed by atoms with van der Waals surface area (Å²) in [5.74, 6) is -0.535. The highest BCUT2D eigenvalue weighted by molar-refractivity contribution is 5.96. The fourth-order valence-electron chi connectivity index (χ4n) is 1.45. The monoisotopic (exact) mass is 264 g/mol. The number of aliphatic hydroxyl groups is 1. The zero-order valence-corrected chi connectivity index (χ0v) is 11.3. The van der Waals surface area contributed by atoms with Crippen LogP contribution in [0.1, 0.15) is 29.3 Å². The lowest BCUT2D eigenvalue weighted by Gasteiger charge is -2.08. The highest BCUT2D eigenvalue weighted by atomic mass is 16.3. The van der Waals surface area contributed by atoms with Gasteiger partial charge in [0.1, 0.15) is 0 Å². The molecule has 0 saturated heterocycles. The first kappa shape index (κ1) is 15.2. The van der Waals surface area contributed by atoms with Crippen molar-refractivity contribution in [2.75, 3.05) is 13.1 Å². The van der Waals surface area contributed by atoms with Gasteiger partial charge in [0.05, 0.1) is 12.6 Å². The highest BCUT2D eigenvalue weighted by Crippen LogP contribution is 2.02. The number of carbonyl (C=O) groups excluding carboxylic acids is 2. The summed E-state index contributed by atoms with van der Waals surface area (Å²) in [5.41, 5.74) is 1.61. The van der Waals surface area contributed by atoms with Crippen LogP contribution in [0, 0.1) is 6.92 Å². The van der Waals surface area contributed by atoms with Gasteiger partial charge < -0.3 is 15.7 Å². The second-order valence-electron chi connectivity index (χ2n) is 4.54. The summed E-state index contributed by atoms with van der Waals surface area (Å²) in [6.45, 7) is 3.94. The van der Waals surface area contributed by atoms with Crippen LogP contribution >= 0.6 is 0 Å². The summed E-state index contributed by atoms with van der Waals surface area (Å²) in [6.07, 6.45) is 0.0555. The van der Waals surface area contributed by atoms with Crippen molar-refractivity contribution in [1.29, 1.82) is 0 Å². The molecule has 5 nitrogen and oxygen atoms in total. The lowest BCUT2D eigenvalue weighted by molar-refractivity contribution is -0.120. The zero-order valence-electron chi connectivity index (χ0n) is 11.3. The van der Waals surface area contributed by atoms with E-state index < -0.39 is 6.10 Å². The third-order valence-electron chi connectivity index (χ3n) is 2.61. The maximum absolute atomic E-state index is 11.7. The standard InChI is InChI=1S/C14H20N2O3/c1-10-3-5-12(6-4-10)14(19)16-9-13(18)15-8-7-11(2)17/h3-6,11,17H,7-9H2,1-2H3,(H,15,18)(H,16,19). The predicted octanol–water partition coefficient (Wildman–Crippen LogP) is 0.612. The molecule has 0 bridgehead atoms. The van der Waals surface area contributed by atoms with E-state index in [0.29, 0.717) is 18.5 Å². The maximum Gasteiger partial charge on any atom is 0.251 e. The molecule has 0 saturated carbocycles. The van der Waals surface area contributed by atoms with Crippen molar-refractivity contribution < 1.29 is 14.7 Å². The van der Waals surface area contributed by atoms with Gasteiger partial charge >= 0.3 is 0 Å². The molecule has 0 aliphatic heterocycles. The van der Waals surface area contributed by atoms with E-state index in [1.807, 2.05) is 19.1 Å². The molecule has 19 heavy (non-hydrogen) atoms. The van der Waals surface area contributed by atoms with Gasteiger partial charge in [-0.2, -0.15) is 0 Å². The average Bonchev–Trinajstić information content (AvgIpc) is 2.36. The van der Waals surface area contributed by atoms with Crippen LogP contribution in [-0.2, 0) is 4.79 Å². The van der Waals surface area contributed by atoms with Gasteiger partial charge in [-0.25, -0.2) is 0 Å². The van der Waals surface area contributed by atoms with Crippen molar-refractivity contribution in [2.45, 2.75) is 26.4 Å². The van der Waals surface area contributed by atoms with Gasteiger partial charge in [-0.15, -0.1) is 0 Å². The number of nitrogens with one attached hydrogen (secondary N) is 2. The molecule has 0 spiro atoms. The van der Waals surface area contributed by atoms with Crippen LogP contribution in [0.4, 0.5) is 0 Å². The Morgan fingerprint density at radius 2 is 1.84 bits per heavy atom. The van der Waals surface area contributed by atoms with Crippen LogP contribution in [0.5, 0.6) is 0 Å². The van der Waals surface area contributed by atoms with Gasteiger partial charge in [0.15, 0.2) is 0 Å². The minimum atomic E-state index is -0.442. The summed E-state index contributed by atoms with van der Waals surface area (Å²) in [6, 6.07) is 7.13. The van der Waals surface area contributed by atoms with E-state index in [0.717, 1.165) is 5.56 Å². The largest absolute Gasteiger partial charge is 0.393 e. The minimum Gasteiger partial charge on any atom is -0.393 e. The number of aliphatic hydroxyl groups excluding tert-OH is 1. The number of benzene rings is 1. The summed E-state index contributed by atoms with van der Waals surface area (Å²) in [4.78, 5) is 23.1. The van der Waals surface area contributed by atoms with Crippen LogP contribution < -0.4 is 10.6 Å². The van der Waals surface area contributed by atoms with Crippen LogP contribution in [0.15, 0.2) is 24.3 Å². The third kappa shape index (κ3) is 6.01. The maximum atomic E-state index is 11.7. The van der Waals surface area contributed by atoms with E-state index in [-0.39, 0.29) is 18.4 Å². The molecule has 0 radical (unpaired) electrons. The molecular weight excluding hydrogens is 244 g/mol. The normalized spacial score (nSPS) is 11.7. The van der Waals surface area contributed by atoms with E-state index in [2.05, 4.69) is 10.6 Å². The Bertz CT molecular complexity index is 427. The number of aryl methyl sites for hydroxylation is 1. The Morgan fingerprint density at radius 3 is 2.42 bits per heavy atom. The Labute approximate surface area is 113 Å². The molecular formula is C14H20N2O3. The van der Waals surface area contributed by atoms with Crippen molar-refractivity contribution >= 4 is 11.8 Å². The third-order valence-corrected chi connectivity index (χ3v) is 2.61. The Balaban J connectivity index is 2.30. The number of rotatable bonds is 6. The molecule has 0 aromatic heterocycles. The van der Waals surface area contributed by atoms with Gasteiger partial charge in [-0.1, -0.05) is 17.7 Å². The van der Waals surface area contributed by atoms with Gasteiger partial charge in [0.2, 0.25) is 5.91 Å². The van der Waals surface area contributed by atoms with Crippen LogP contribution in [0.3, 0.4) is 0 Å². The van der Waals surface area contributed by atoms with Gasteiger partial charge in [-0.3, -0.25) is 9.59 Å². The summed E-state index contributed by atoms with van der Waals surface area (Å²) in [7, 11) is 0. The van der Waals surface area contributed by atoms with E-state index in [1.54, 1.807) is 19.1 Å². The fraction of sp³-hybridized carbons (Fsp3) is 0.429. The molecule has 0 heterocycles. The molecule has 3 N–H and O–H groups in total. The van der Waals surface area contributed by atoms with Crippen molar-refractivity contribution in [3.8, 4) is 0 Å². The summed E-state index contributed by atoms with van der Waals surface area (Å²) < 4.78 is 0. The number of hydrogen-bond acceptors (Lipinski definition) is 3. The second kappa shape index (κ2) is 7.53. The van der Waals surface area contributed by atoms with Crippen LogP contribution in [0.25, 0.3) is 0 Å². The summed E-state index contributed by atoms with van der Waals surface area (Å²) >= 11 is 0. The van der Waals surface area contributed by atoms with Crippen molar-refractivity contribution in [1.82, 2.24) is 10.6 Å². The van der Waals surface area contributed by atoms with E-state index in [4.69, 9.17) is 5.11 Å². The fourth-order valence-corrected chi connectivity index (χ4v) is 1.45. The second-order valence-corrected chi connectivity index (χ2v) is 4.54. The molecule has 0 fully saturated rings. The molecule has 0 aliphatic carbocycles. The lowest BCUT2D eigenvalue weighted by Crippen LogP contribution is -2.37. The lowest BCUT2D eigenvalue weighted by atomic mass is 10.1. The molecule has 1 aromatic carbocycles. The molecule has 1 atom stereocenters. The van der Waals surface area contributed by atoms with E-state index in [1.165, 1.54) is 0 Å². The van der Waals surface area contributed by atoms with E-state index >= 15 is 0 Å². The predicted molar refractivity (Wildman–Crippen MR) is 72.8 cm³/mol. The van der Waals surface area contributed by atoms with Crippen molar-refractivity contribution in [2.24, 2.45) is 0 Å². The Morgan fingerprint density at radius 1 is 1.21 bits per heavy atom. The first-order valence-electron chi connectivity index (χ1n) is 6.28. The number of hydrogen-bond donors (Lipinski definition) is 3. The number of amides is 2. The van der Waals surface area contributed by atoms with Gasteiger partial charge in [-0.05, 0) is 32.4 Å². The number of carbonyl (C=O) groups is 2. The molecule has 1 aromatic rings. The highest BCUT2D eigenvalue weighted by Gasteiger charge is 2.07. The zero-order chi connectivity index (χ0) is 14.3. The van der Waals surface area contributed by atoms with E-state index in [9.17, 15) is 9.59 Å². The Kier molecular flexibility index (Phi) is 6.02. The smallest absolute Gasteiger partial charge is 0.251 e. The van der Waals surface area contributed by atoms with Crippen molar-refractivity contribution in [3.05, 3.63) is 35.4 Å². The SMILES string of the molecule is Cc1ccc(C(=O)NCC(=O)NCCC(C)O)cc1. The molecule has 2 amide bonds. The molecule has 5 heteroatoms. The molecule has 1 rings (SSSR count). The molecule has 0 aliphatic rings. The first-order chi connectivity index (χ1) is 8.99. The quantitative estimate of drug-likeness (QED) is 0.704.